The summed E-state index contributed by atoms with van der Waals surface area (Å²) in [5.74, 6) is 1.30. The largest absolute Gasteiger partial charge is 0.496 e. The highest BCUT2D eigenvalue weighted by atomic mass is 35.5. The van der Waals surface area contributed by atoms with Gasteiger partial charge in [0.05, 0.1) is 11.6 Å². The second kappa shape index (κ2) is 3.31. The van der Waals surface area contributed by atoms with Gasteiger partial charge in [0, 0.05) is 5.92 Å². The summed E-state index contributed by atoms with van der Waals surface area (Å²) in [6, 6.07) is 0. The topological polar surface area (TPSA) is 9.23 Å². The zero-order chi connectivity index (χ0) is 8.43. The Labute approximate surface area is 72.7 Å². The minimum atomic E-state index is 0.459. The Morgan fingerprint density at radius 2 is 2.18 bits per heavy atom. The van der Waals surface area contributed by atoms with Gasteiger partial charge in [-0.25, -0.2) is 0 Å². The minimum Gasteiger partial charge on any atom is -0.496 e. The maximum absolute atomic E-state index is 5.97. The Morgan fingerprint density at radius 1 is 1.55 bits per heavy atom. The first-order valence-electron chi connectivity index (χ1n) is 3.79. The van der Waals surface area contributed by atoms with E-state index < -0.39 is 0 Å². The fourth-order valence-corrected chi connectivity index (χ4v) is 1.26. The molecule has 1 aliphatic rings. The van der Waals surface area contributed by atoms with Crippen LogP contribution in [0.1, 0.15) is 20.8 Å². The standard InChI is InChI=1S/C9H13ClO/c1-6-4-7(2)9(10)8(3)11-5-6/h4,6H,5H2,1-3H3. The van der Waals surface area contributed by atoms with E-state index in [0.717, 1.165) is 23.0 Å². The minimum absolute atomic E-state index is 0.459. The van der Waals surface area contributed by atoms with Crippen molar-refractivity contribution in [2.24, 2.45) is 5.92 Å². The van der Waals surface area contributed by atoms with Crippen LogP contribution in [0.4, 0.5) is 0 Å². The molecule has 0 radical (unpaired) electrons. The monoisotopic (exact) mass is 172 g/mol. The van der Waals surface area contributed by atoms with Crippen molar-refractivity contribution in [2.45, 2.75) is 20.8 Å². The molecule has 1 atom stereocenters. The van der Waals surface area contributed by atoms with Crippen molar-refractivity contribution in [3.05, 3.63) is 22.4 Å². The highest BCUT2D eigenvalue weighted by molar-refractivity contribution is 6.32. The maximum atomic E-state index is 5.97. The first kappa shape index (κ1) is 8.66. The van der Waals surface area contributed by atoms with Gasteiger partial charge in [0.1, 0.15) is 5.76 Å². The van der Waals surface area contributed by atoms with Crippen LogP contribution in [-0.4, -0.2) is 6.61 Å². The van der Waals surface area contributed by atoms with Crippen molar-refractivity contribution in [3.63, 3.8) is 0 Å². The number of rotatable bonds is 0. The summed E-state index contributed by atoms with van der Waals surface area (Å²) < 4.78 is 5.39. The van der Waals surface area contributed by atoms with Gasteiger partial charge in [-0.1, -0.05) is 24.6 Å². The van der Waals surface area contributed by atoms with Crippen LogP contribution < -0.4 is 0 Å². The normalized spacial score (nSPS) is 25.8. The smallest absolute Gasteiger partial charge is 0.112 e. The molecule has 0 amide bonds. The van der Waals surface area contributed by atoms with Crippen LogP contribution in [0.25, 0.3) is 0 Å². The molecule has 62 valence electrons. The Bertz CT molecular complexity index is 216. The molecule has 0 N–H and O–H groups in total. The van der Waals surface area contributed by atoms with E-state index in [1.807, 2.05) is 13.8 Å². The summed E-state index contributed by atoms with van der Waals surface area (Å²) in [6.07, 6.45) is 2.14. The van der Waals surface area contributed by atoms with Crippen molar-refractivity contribution in [1.82, 2.24) is 0 Å². The molecule has 1 unspecified atom stereocenters. The lowest BCUT2D eigenvalue weighted by molar-refractivity contribution is 0.192. The van der Waals surface area contributed by atoms with E-state index in [1.165, 1.54) is 0 Å². The van der Waals surface area contributed by atoms with Gasteiger partial charge in [0.25, 0.3) is 0 Å². The van der Waals surface area contributed by atoms with Gasteiger partial charge in [0.15, 0.2) is 0 Å². The molecule has 0 aromatic heterocycles. The Hall–Kier alpha value is -0.430. The second-order valence-corrected chi connectivity index (χ2v) is 3.39. The van der Waals surface area contributed by atoms with Crippen LogP contribution in [0.15, 0.2) is 22.4 Å². The average molecular weight is 173 g/mol. The van der Waals surface area contributed by atoms with Gasteiger partial charge in [-0.2, -0.15) is 0 Å². The molecule has 0 bridgehead atoms. The lowest BCUT2D eigenvalue weighted by Gasteiger charge is -2.06. The number of halogens is 1. The number of hydrogen-bond donors (Lipinski definition) is 0. The van der Waals surface area contributed by atoms with E-state index in [0.29, 0.717) is 5.92 Å². The van der Waals surface area contributed by atoms with Crippen LogP contribution >= 0.6 is 11.6 Å². The Balaban J connectivity index is 2.90. The van der Waals surface area contributed by atoms with Crippen molar-refractivity contribution >= 4 is 11.6 Å². The molecule has 0 aromatic carbocycles. The second-order valence-electron chi connectivity index (χ2n) is 3.01. The third-order valence-corrected chi connectivity index (χ3v) is 2.32. The average Bonchev–Trinajstić information content (AvgIpc) is 2.05. The molecule has 1 heterocycles. The molecule has 0 spiro atoms. The van der Waals surface area contributed by atoms with Crippen molar-refractivity contribution in [1.29, 1.82) is 0 Å². The predicted octanol–water partition coefficient (Wildman–Crippen LogP) is 3.07. The fraction of sp³-hybridized carbons (Fsp3) is 0.556. The van der Waals surface area contributed by atoms with E-state index in [1.54, 1.807) is 0 Å². The summed E-state index contributed by atoms with van der Waals surface area (Å²) in [7, 11) is 0. The van der Waals surface area contributed by atoms with Gasteiger partial charge in [0.2, 0.25) is 0 Å². The summed E-state index contributed by atoms with van der Waals surface area (Å²) in [6.45, 7) is 6.76. The fourth-order valence-electron chi connectivity index (χ4n) is 1.15. The zero-order valence-corrected chi connectivity index (χ0v) is 7.90. The summed E-state index contributed by atoms with van der Waals surface area (Å²) in [5, 5.41) is 0.759. The highest BCUT2D eigenvalue weighted by Crippen LogP contribution is 2.24. The molecule has 0 saturated carbocycles. The summed E-state index contributed by atoms with van der Waals surface area (Å²) in [5.41, 5.74) is 1.12. The molecule has 0 fully saturated rings. The molecule has 1 nitrogen and oxygen atoms in total. The molecule has 0 saturated heterocycles. The van der Waals surface area contributed by atoms with Crippen LogP contribution in [0.2, 0.25) is 0 Å². The van der Waals surface area contributed by atoms with Gasteiger partial charge < -0.3 is 4.74 Å². The van der Waals surface area contributed by atoms with Gasteiger partial charge >= 0.3 is 0 Å². The van der Waals surface area contributed by atoms with Crippen molar-refractivity contribution < 1.29 is 4.74 Å². The molecule has 2 heteroatoms. The Morgan fingerprint density at radius 3 is 2.82 bits per heavy atom. The van der Waals surface area contributed by atoms with E-state index in [9.17, 15) is 0 Å². The molecular weight excluding hydrogens is 160 g/mol. The SMILES string of the molecule is CC1=CC(C)COC(C)=C1Cl. The van der Waals surface area contributed by atoms with Crippen LogP contribution in [0, 0.1) is 5.92 Å². The maximum Gasteiger partial charge on any atom is 0.112 e. The molecule has 0 aliphatic carbocycles. The van der Waals surface area contributed by atoms with Crippen molar-refractivity contribution in [3.8, 4) is 0 Å². The third-order valence-electron chi connectivity index (χ3n) is 1.75. The number of hydrogen-bond acceptors (Lipinski definition) is 1. The highest BCUT2D eigenvalue weighted by Gasteiger charge is 2.10. The summed E-state index contributed by atoms with van der Waals surface area (Å²) >= 11 is 5.97. The number of allylic oxidation sites excluding steroid dienone is 3. The van der Waals surface area contributed by atoms with E-state index in [-0.39, 0.29) is 0 Å². The molecular formula is C9H13ClO. The third kappa shape index (κ3) is 2.00. The first-order chi connectivity index (χ1) is 5.11. The molecule has 1 aliphatic heterocycles. The number of ether oxygens (including phenoxy) is 1. The lowest BCUT2D eigenvalue weighted by Crippen LogP contribution is -1.99. The van der Waals surface area contributed by atoms with E-state index in [2.05, 4.69) is 13.0 Å². The predicted molar refractivity (Wildman–Crippen MR) is 47.4 cm³/mol. The quantitative estimate of drug-likeness (QED) is 0.546. The van der Waals surface area contributed by atoms with Gasteiger partial charge in [-0.05, 0) is 19.4 Å². The van der Waals surface area contributed by atoms with Gasteiger partial charge in [-0.15, -0.1) is 0 Å². The van der Waals surface area contributed by atoms with Crippen molar-refractivity contribution in [2.75, 3.05) is 6.61 Å². The lowest BCUT2D eigenvalue weighted by atomic mass is 10.1. The van der Waals surface area contributed by atoms with Crippen LogP contribution in [-0.2, 0) is 4.74 Å². The molecule has 1 rings (SSSR count). The van der Waals surface area contributed by atoms with Gasteiger partial charge in [-0.3, -0.25) is 0 Å². The first-order valence-corrected chi connectivity index (χ1v) is 4.17. The summed E-state index contributed by atoms with van der Waals surface area (Å²) in [4.78, 5) is 0. The zero-order valence-electron chi connectivity index (χ0n) is 7.15. The van der Waals surface area contributed by atoms with E-state index in [4.69, 9.17) is 16.3 Å². The van der Waals surface area contributed by atoms with Crippen LogP contribution in [0.5, 0.6) is 0 Å². The molecule has 11 heavy (non-hydrogen) atoms. The van der Waals surface area contributed by atoms with Crippen LogP contribution in [0.3, 0.4) is 0 Å². The molecule has 0 aromatic rings. The Kier molecular flexibility index (Phi) is 2.61. The van der Waals surface area contributed by atoms with E-state index >= 15 is 0 Å².